The number of ether oxygens (including phenoxy) is 2. The van der Waals surface area contributed by atoms with Gasteiger partial charge in [-0.05, 0) is 44.2 Å². The number of fused-ring (bicyclic) bond motifs is 2. The van der Waals surface area contributed by atoms with Crippen molar-refractivity contribution in [3.8, 4) is 5.75 Å². The van der Waals surface area contributed by atoms with Crippen LogP contribution in [0.2, 0.25) is 0 Å². The number of nitrogens with one attached hydrogen (secondary N) is 3. The number of anilines is 3. The largest absolute Gasteiger partial charge is 0.482 e. The number of hydrogen-bond acceptors (Lipinski definition) is 7. The quantitative estimate of drug-likeness (QED) is 0.597. The van der Waals surface area contributed by atoms with E-state index in [0.717, 1.165) is 0 Å². The van der Waals surface area contributed by atoms with Crippen LogP contribution in [0, 0.1) is 0 Å². The zero-order valence-corrected chi connectivity index (χ0v) is 18.1. The smallest absolute Gasteiger partial charge is 0.343 e. The van der Waals surface area contributed by atoms with Gasteiger partial charge >= 0.3 is 5.97 Å². The van der Waals surface area contributed by atoms with Crippen molar-refractivity contribution >= 4 is 44.8 Å². The van der Waals surface area contributed by atoms with Crippen LogP contribution in [0.1, 0.15) is 13.8 Å². The highest BCUT2D eigenvalue weighted by Crippen LogP contribution is 2.32. The van der Waals surface area contributed by atoms with E-state index in [2.05, 4.69) is 20.3 Å². The van der Waals surface area contributed by atoms with Crippen LogP contribution >= 0.6 is 0 Å². The second-order valence-electron chi connectivity index (χ2n) is 6.93. The molecule has 2 heterocycles. The van der Waals surface area contributed by atoms with Gasteiger partial charge in [-0.3, -0.25) is 4.79 Å². The average Bonchev–Trinajstić information content (AvgIpc) is 2.88. The SMILES string of the molecule is CCOC(=O)C1=C(C)Nc2ccccc2N/C1=N/S(=O)(=O)c1ccc2c(c1)NC(=O)CO2. The van der Waals surface area contributed by atoms with Gasteiger partial charge in [0.25, 0.3) is 15.9 Å². The van der Waals surface area contributed by atoms with Crippen LogP contribution in [-0.2, 0) is 24.3 Å². The Labute approximate surface area is 184 Å². The van der Waals surface area contributed by atoms with Crippen molar-refractivity contribution in [1.82, 2.24) is 0 Å². The average molecular weight is 456 g/mol. The molecule has 1 amide bonds. The third-order valence-electron chi connectivity index (χ3n) is 4.69. The summed E-state index contributed by atoms with van der Waals surface area (Å²) in [5.74, 6) is -0.950. The fraction of sp³-hybridized carbons (Fsp3) is 0.190. The molecule has 0 fully saturated rings. The molecule has 0 bridgehead atoms. The summed E-state index contributed by atoms with van der Waals surface area (Å²) >= 11 is 0. The van der Waals surface area contributed by atoms with Gasteiger partial charge in [0.1, 0.15) is 11.3 Å². The summed E-state index contributed by atoms with van der Waals surface area (Å²) in [5, 5.41) is 8.58. The van der Waals surface area contributed by atoms with E-state index in [1.54, 1.807) is 38.1 Å². The van der Waals surface area contributed by atoms with Crippen LogP contribution in [0.15, 0.2) is 63.0 Å². The van der Waals surface area contributed by atoms with Crippen molar-refractivity contribution in [2.45, 2.75) is 18.7 Å². The Hall–Kier alpha value is -3.86. The highest BCUT2D eigenvalue weighted by molar-refractivity contribution is 7.90. The van der Waals surface area contributed by atoms with Crippen LogP contribution in [-0.4, -0.2) is 39.3 Å². The standard InChI is InChI=1S/C21H20N4O6S/c1-3-30-21(27)19-12(2)22-14-6-4-5-7-15(14)24-20(19)25-32(28,29)13-8-9-17-16(10-13)23-18(26)11-31-17/h4-10,22H,3,11H2,1-2H3,(H,23,26)(H,24,25). The predicted octanol–water partition coefficient (Wildman–Crippen LogP) is 2.48. The first-order chi connectivity index (χ1) is 15.3. The lowest BCUT2D eigenvalue weighted by molar-refractivity contribution is -0.137. The third kappa shape index (κ3) is 4.14. The fourth-order valence-corrected chi connectivity index (χ4v) is 4.24. The zero-order valence-electron chi connectivity index (χ0n) is 17.3. The molecule has 3 N–H and O–H groups in total. The van der Waals surface area contributed by atoms with Crippen LogP contribution in [0.25, 0.3) is 0 Å². The molecule has 2 aliphatic rings. The van der Waals surface area contributed by atoms with E-state index in [0.29, 0.717) is 22.8 Å². The molecule has 0 unspecified atom stereocenters. The van der Waals surface area contributed by atoms with Crippen molar-refractivity contribution in [2.24, 2.45) is 4.40 Å². The molecule has 0 saturated carbocycles. The minimum absolute atomic E-state index is 0.0405. The maximum Gasteiger partial charge on any atom is 0.343 e. The van der Waals surface area contributed by atoms with E-state index >= 15 is 0 Å². The van der Waals surface area contributed by atoms with E-state index in [-0.39, 0.29) is 35.2 Å². The summed E-state index contributed by atoms with van der Waals surface area (Å²) in [6.45, 7) is 3.24. The second kappa shape index (κ2) is 8.35. The normalized spacial score (nSPS) is 16.6. The highest BCUT2D eigenvalue weighted by atomic mass is 32.2. The number of benzene rings is 2. The minimum Gasteiger partial charge on any atom is -0.482 e. The van der Waals surface area contributed by atoms with E-state index in [9.17, 15) is 18.0 Å². The maximum absolute atomic E-state index is 13.1. The summed E-state index contributed by atoms with van der Waals surface area (Å²) in [4.78, 5) is 24.1. The van der Waals surface area contributed by atoms with E-state index in [1.807, 2.05) is 0 Å². The van der Waals surface area contributed by atoms with E-state index < -0.39 is 21.9 Å². The fourth-order valence-electron chi connectivity index (χ4n) is 3.25. The van der Waals surface area contributed by atoms with Crippen LogP contribution in [0.3, 0.4) is 0 Å². The summed E-state index contributed by atoms with van der Waals surface area (Å²) < 4.78 is 40.6. The second-order valence-corrected chi connectivity index (χ2v) is 8.53. The molecule has 0 radical (unpaired) electrons. The van der Waals surface area contributed by atoms with Gasteiger partial charge in [-0.25, -0.2) is 4.79 Å². The monoisotopic (exact) mass is 456 g/mol. The minimum atomic E-state index is -4.29. The number of carbonyl (C=O) groups excluding carboxylic acids is 2. The van der Waals surface area contributed by atoms with Gasteiger partial charge < -0.3 is 25.4 Å². The number of amidine groups is 1. The van der Waals surface area contributed by atoms with Gasteiger partial charge in [0, 0.05) is 5.70 Å². The lowest BCUT2D eigenvalue weighted by Crippen LogP contribution is -2.26. The molecular formula is C21H20N4O6S. The molecule has 2 aromatic rings. The predicted molar refractivity (Wildman–Crippen MR) is 118 cm³/mol. The molecule has 4 rings (SSSR count). The summed E-state index contributed by atoms with van der Waals surface area (Å²) in [6.07, 6.45) is 0. The molecule has 0 aromatic heterocycles. The molecule has 11 heteroatoms. The van der Waals surface area contributed by atoms with Crippen molar-refractivity contribution in [2.75, 3.05) is 29.2 Å². The van der Waals surface area contributed by atoms with Gasteiger partial charge in [0.2, 0.25) is 0 Å². The molecule has 32 heavy (non-hydrogen) atoms. The van der Waals surface area contributed by atoms with Crippen LogP contribution in [0.4, 0.5) is 17.1 Å². The number of sulfonamides is 1. The first kappa shape index (κ1) is 21.4. The van der Waals surface area contributed by atoms with E-state index in [4.69, 9.17) is 9.47 Å². The summed E-state index contributed by atoms with van der Waals surface area (Å²) in [6, 6.07) is 11.1. The number of amides is 1. The molecule has 10 nitrogen and oxygen atoms in total. The number of allylic oxidation sites excluding steroid dienone is 1. The number of carbonyl (C=O) groups is 2. The van der Waals surface area contributed by atoms with Crippen LogP contribution in [0.5, 0.6) is 5.75 Å². The Bertz CT molecular complexity index is 1280. The topological polar surface area (TPSA) is 135 Å². The van der Waals surface area contributed by atoms with Gasteiger partial charge in [-0.15, -0.1) is 4.40 Å². The number of hydrogen-bond donors (Lipinski definition) is 3. The Kier molecular flexibility index (Phi) is 5.57. The lowest BCUT2D eigenvalue weighted by Gasteiger charge is -2.18. The first-order valence-corrected chi connectivity index (χ1v) is 11.2. The lowest BCUT2D eigenvalue weighted by atomic mass is 10.2. The number of nitrogens with zero attached hydrogens (tertiary/aromatic N) is 1. The van der Waals surface area contributed by atoms with Gasteiger partial charge in [0.15, 0.2) is 12.4 Å². The van der Waals surface area contributed by atoms with Gasteiger partial charge in [-0.2, -0.15) is 8.42 Å². The van der Waals surface area contributed by atoms with Crippen molar-refractivity contribution in [3.05, 3.63) is 53.7 Å². The number of esters is 1. The molecule has 0 spiro atoms. The molecule has 0 aliphatic carbocycles. The molecule has 166 valence electrons. The number of para-hydroxylation sites is 2. The summed E-state index contributed by atoms with van der Waals surface area (Å²) in [5.41, 5.74) is 1.73. The van der Waals surface area contributed by atoms with Crippen molar-refractivity contribution in [3.63, 3.8) is 0 Å². The maximum atomic E-state index is 13.1. The molecule has 0 atom stereocenters. The Balaban J connectivity index is 1.81. The Morgan fingerprint density at radius 3 is 2.53 bits per heavy atom. The molecular weight excluding hydrogens is 436 g/mol. The van der Waals surface area contributed by atoms with Gasteiger partial charge in [-0.1, -0.05) is 12.1 Å². The Morgan fingerprint density at radius 2 is 1.81 bits per heavy atom. The molecule has 2 aliphatic heterocycles. The van der Waals surface area contributed by atoms with Crippen molar-refractivity contribution < 1.29 is 27.5 Å². The molecule has 0 saturated heterocycles. The third-order valence-corrected chi connectivity index (χ3v) is 5.96. The van der Waals surface area contributed by atoms with Crippen molar-refractivity contribution in [1.29, 1.82) is 0 Å². The molecule has 2 aromatic carbocycles. The van der Waals surface area contributed by atoms with E-state index in [1.165, 1.54) is 18.2 Å². The van der Waals surface area contributed by atoms with Crippen LogP contribution < -0.4 is 20.7 Å². The highest BCUT2D eigenvalue weighted by Gasteiger charge is 2.28. The summed E-state index contributed by atoms with van der Waals surface area (Å²) in [7, 11) is -4.29. The Morgan fingerprint density at radius 1 is 1.09 bits per heavy atom. The zero-order chi connectivity index (χ0) is 22.9. The van der Waals surface area contributed by atoms with Gasteiger partial charge in [0.05, 0.1) is 28.6 Å². The first-order valence-electron chi connectivity index (χ1n) is 9.71. The number of rotatable bonds is 4.